The van der Waals surface area contributed by atoms with Gasteiger partial charge in [-0.2, -0.15) is 0 Å². The van der Waals surface area contributed by atoms with Crippen LogP contribution in [-0.2, 0) is 16.1 Å². The molecule has 1 aliphatic heterocycles. The van der Waals surface area contributed by atoms with E-state index in [9.17, 15) is 14.7 Å². The summed E-state index contributed by atoms with van der Waals surface area (Å²) in [6, 6.07) is 19.4. The Morgan fingerprint density at radius 1 is 0.968 bits per heavy atom. The average Bonchev–Trinajstić information content (AvgIpc) is 3.41. The summed E-state index contributed by atoms with van der Waals surface area (Å²) in [7, 11) is 0. The maximum Gasteiger partial charge on any atom is 0.296 e. The number of ketones is 1. The second-order valence-electron chi connectivity index (χ2n) is 7.31. The number of rotatable bonds is 4. The number of likely N-dealkylation sites (tertiary alicyclic amines) is 1. The molecule has 1 unspecified atom stereocenters. The van der Waals surface area contributed by atoms with Gasteiger partial charge in [-0.15, -0.1) is 0 Å². The topological polar surface area (TPSA) is 83.6 Å². The van der Waals surface area contributed by atoms with E-state index >= 15 is 0 Å². The molecular weight excluding hydrogens is 392 g/mol. The first kappa shape index (κ1) is 18.8. The highest BCUT2D eigenvalue weighted by Gasteiger charge is 2.46. The summed E-state index contributed by atoms with van der Waals surface area (Å²) in [6.45, 7) is 0.110. The molecule has 1 aliphatic rings. The predicted molar refractivity (Wildman–Crippen MR) is 115 cm³/mol. The molecule has 4 aromatic rings. The summed E-state index contributed by atoms with van der Waals surface area (Å²) in [5, 5.41) is 13.0. The Morgan fingerprint density at radius 3 is 2.52 bits per heavy atom. The second-order valence-corrected chi connectivity index (χ2v) is 7.31. The van der Waals surface area contributed by atoms with Crippen LogP contribution in [0, 0.1) is 0 Å². The van der Waals surface area contributed by atoms with Gasteiger partial charge in [0.15, 0.2) is 0 Å². The van der Waals surface area contributed by atoms with E-state index in [0.717, 1.165) is 16.3 Å². The van der Waals surface area contributed by atoms with Crippen molar-refractivity contribution in [3.05, 3.63) is 108 Å². The largest absolute Gasteiger partial charge is 0.507 e. The fourth-order valence-corrected chi connectivity index (χ4v) is 4.09. The average molecular weight is 410 g/mol. The van der Waals surface area contributed by atoms with Crippen LogP contribution in [0.5, 0.6) is 0 Å². The smallest absolute Gasteiger partial charge is 0.296 e. The molecule has 1 atom stereocenters. The first-order chi connectivity index (χ1) is 15.1. The lowest BCUT2D eigenvalue weighted by Crippen LogP contribution is -2.29. The van der Waals surface area contributed by atoms with Crippen molar-refractivity contribution >= 4 is 28.2 Å². The quantitative estimate of drug-likeness (QED) is 0.305. The zero-order valence-electron chi connectivity index (χ0n) is 16.4. The van der Waals surface area contributed by atoms with Gasteiger partial charge in [0.05, 0.1) is 24.4 Å². The molecule has 1 N–H and O–H groups in total. The zero-order valence-corrected chi connectivity index (χ0v) is 16.4. The number of nitrogens with zero attached hydrogens (tertiary/aromatic N) is 2. The van der Waals surface area contributed by atoms with E-state index < -0.39 is 17.7 Å². The van der Waals surface area contributed by atoms with Gasteiger partial charge in [-0.25, -0.2) is 0 Å². The maximum absolute atomic E-state index is 13.1. The summed E-state index contributed by atoms with van der Waals surface area (Å²) in [5.41, 5.74) is 1.25. The van der Waals surface area contributed by atoms with Crippen LogP contribution in [0.4, 0.5) is 0 Å². The van der Waals surface area contributed by atoms with Gasteiger partial charge in [0.25, 0.3) is 11.7 Å². The van der Waals surface area contributed by atoms with E-state index in [1.54, 1.807) is 24.3 Å². The van der Waals surface area contributed by atoms with Crippen LogP contribution in [0.15, 0.2) is 95.4 Å². The Hall–Kier alpha value is -4.19. The number of pyridine rings is 1. The van der Waals surface area contributed by atoms with E-state index in [-0.39, 0.29) is 17.9 Å². The monoisotopic (exact) mass is 410 g/mol. The number of fused-ring (bicyclic) bond motifs is 1. The van der Waals surface area contributed by atoms with Gasteiger partial charge >= 0.3 is 0 Å². The minimum atomic E-state index is -0.760. The molecule has 2 aromatic heterocycles. The lowest BCUT2D eigenvalue weighted by molar-refractivity contribution is -0.140. The lowest BCUT2D eigenvalue weighted by Gasteiger charge is -2.25. The second kappa shape index (κ2) is 7.57. The molecule has 6 nitrogen and oxygen atoms in total. The van der Waals surface area contributed by atoms with Gasteiger partial charge < -0.3 is 14.4 Å². The SMILES string of the molecule is O=C1C(=O)N(Cc2ccco2)C(c2cccc3ccccc23)/C1=C(/O)c1ccncc1. The Kier molecular flexibility index (Phi) is 4.59. The van der Waals surface area contributed by atoms with Crippen LogP contribution in [-0.4, -0.2) is 26.7 Å². The standard InChI is InChI=1S/C25H18N2O4/c28-23(17-10-12-26-13-11-17)21-22(20-9-3-6-16-5-1-2-8-19(16)20)27(25(30)24(21)29)15-18-7-4-14-31-18/h1-14,22,28H,15H2/b23-21-. The first-order valence-electron chi connectivity index (χ1n) is 9.84. The van der Waals surface area contributed by atoms with Gasteiger partial charge in [0.1, 0.15) is 11.5 Å². The number of furan rings is 1. The van der Waals surface area contributed by atoms with Crippen molar-refractivity contribution in [2.75, 3.05) is 0 Å². The third-order valence-electron chi connectivity index (χ3n) is 5.52. The first-order valence-corrected chi connectivity index (χ1v) is 9.84. The molecule has 0 spiro atoms. The Morgan fingerprint density at radius 2 is 1.74 bits per heavy atom. The minimum Gasteiger partial charge on any atom is -0.507 e. The predicted octanol–water partition coefficient (Wildman–Crippen LogP) is 4.45. The fraction of sp³-hybridized carbons (Fsp3) is 0.0800. The number of benzene rings is 2. The van der Waals surface area contributed by atoms with Crippen molar-refractivity contribution < 1.29 is 19.1 Å². The number of aromatic nitrogens is 1. The van der Waals surface area contributed by atoms with Crippen LogP contribution in [0.25, 0.3) is 16.5 Å². The molecule has 5 rings (SSSR count). The molecule has 152 valence electrons. The Balaban J connectivity index is 1.75. The van der Waals surface area contributed by atoms with E-state index in [4.69, 9.17) is 4.42 Å². The molecule has 0 saturated carbocycles. The Bertz CT molecular complexity index is 1300. The van der Waals surface area contributed by atoms with Crippen LogP contribution < -0.4 is 0 Å². The summed E-state index contributed by atoms with van der Waals surface area (Å²) < 4.78 is 5.44. The van der Waals surface area contributed by atoms with Crippen LogP contribution in [0.1, 0.15) is 22.9 Å². The van der Waals surface area contributed by atoms with E-state index in [1.165, 1.54) is 23.6 Å². The van der Waals surface area contributed by atoms with Crippen LogP contribution >= 0.6 is 0 Å². The van der Waals surface area contributed by atoms with Crippen LogP contribution in [0.2, 0.25) is 0 Å². The van der Waals surface area contributed by atoms with Crippen molar-refractivity contribution in [1.82, 2.24) is 9.88 Å². The van der Waals surface area contributed by atoms with Crippen molar-refractivity contribution in [1.29, 1.82) is 0 Å². The highest BCUT2D eigenvalue weighted by molar-refractivity contribution is 6.46. The maximum atomic E-state index is 13.1. The molecule has 6 heteroatoms. The molecule has 3 heterocycles. The lowest BCUT2D eigenvalue weighted by atomic mass is 9.92. The zero-order chi connectivity index (χ0) is 21.4. The van der Waals surface area contributed by atoms with Crippen molar-refractivity contribution in [3.63, 3.8) is 0 Å². The van der Waals surface area contributed by atoms with Gasteiger partial charge in [-0.1, -0.05) is 42.5 Å². The highest BCUT2D eigenvalue weighted by atomic mass is 16.3. The summed E-state index contributed by atoms with van der Waals surface area (Å²) in [4.78, 5) is 31.6. The number of hydrogen-bond acceptors (Lipinski definition) is 5. The third-order valence-corrected chi connectivity index (χ3v) is 5.52. The molecule has 0 aliphatic carbocycles. The summed E-state index contributed by atoms with van der Waals surface area (Å²) in [5.74, 6) is -1.07. The number of hydrogen-bond donors (Lipinski definition) is 1. The van der Waals surface area contributed by atoms with Crippen molar-refractivity contribution in [2.24, 2.45) is 0 Å². The number of Topliss-reactive ketones (excluding diaryl/α,β-unsaturated/α-hetero) is 1. The number of carbonyl (C=O) groups excluding carboxylic acids is 2. The Labute approximate surface area is 178 Å². The summed E-state index contributed by atoms with van der Waals surface area (Å²) in [6.07, 6.45) is 4.58. The minimum absolute atomic E-state index is 0.0547. The van der Waals surface area contributed by atoms with Crippen LogP contribution in [0.3, 0.4) is 0 Å². The molecule has 0 radical (unpaired) electrons. The fourth-order valence-electron chi connectivity index (χ4n) is 4.09. The molecule has 2 aromatic carbocycles. The molecule has 1 saturated heterocycles. The molecule has 1 fully saturated rings. The van der Waals surface area contributed by atoms with Crippen molar-refractivity contribution in [3.8, 4) is 0 Å². The summed E-state index contributed by atoms with van der Waals surface area (Å²) >= 11 is 0. The van der Waals surface area contributed by atoms with E-state index in [2.05, 4.69) is 4.98 Å². The normalized spacial score (nSPS) is 18.1. The molecule has 31 heavy (non-hydrogen) atoms. The molecule has 0 bridgehead atoms. The van der Waals surface area contributed by atoms with Gasteiger partial charge in [0, 0.05) is 18.0 Å². The van der Waals surface area contributed by atoms with Gasteiger partial charge in [-0.3, -0.25) is 14.6 Å². The highest BCUT2D eigenvalue weighted by Crippen LogP contribution is 2.42. The third kappa shape index (κ3) is 3.18. The number of aliphatic hydroxyl groups excluding tert-OH is 1. The van der Waals surface area contributed by atoms with Gasteiger partial charge in [0.2, 0.25) is 0 Å². The number of amides is 1. The number of aliphatic hydroxyl groups is 1. The van der Waals surface area contributed by atoms with Gasteiger partial charge in [-0.05, 0) is 40.6 Å². The van der Waals surface area contributed by atoms with Crippen molar-refractivity contribution in [2.45, 2.75) is 12.6 Å². The molecular formula is C25H18N2O4. The molecule has 1 amide bonds. The number of carbonyl (C=O) groups is 2. The van der Waals surface area contributed by atoms with E-state index in [1.807, 2.05) is 42.5 Å². The van der Waals surface area contributed by atoms with E-state index in [0.29, 0.717) is 11.3 Å².